The number of hydrogen-bond acceptors (Lipinski definition) is 10. The molecule has 1 aliphatic rings. The molecule has 0 unspecified atom stereocenters. The fourth-order valence-corrected chi connectivity index (χ4v) is 3.94. The quantitative estimate of drug-likeness (QED) is 0.163. The zero-order chi connectivity index (χ0) is 26.8. The summed E-state index contributed by atoms with van der Waals surface area (Å²) in [7, 11) is 0. The van der Waals surface area contributed by atoms with Gasteiger partial charge in [0.1, 0.15) is 0 Å². The molecule has 37 heavy (non-hydrogen) atoms. The first-order valence-corrected chi connectivity index (χ1v) is 11.9. The minimum absolute atomic E-state index is 0.0294. The van der Waals surface area contributed by atoms with E-state index in [1.165, 1.54) is 4.90 Å². The largest absolute Gasteiger partial charge is 0.435 e. The number of carbonyl (C=O) groups is 2. The lowest BCUT2D eigenvalue weighted by Gasteiger charge is -2.36. The van der Waals surface area contributed by atoms with Gasteiger partial charge in [0.05, 0.1) is 17.8 Å². The van der Waals surface area contributed by atoms with Crippen LogP contribution in [0.5, 0.6) is 0 Å². The predicted octanol–water partition coefficient (Wildman–Crippen LogP) is 2.10. The number of nitrogens with one attached hydrogen (secondary N) is 2. The first-order chi connectivity index (χ1) is 17.7. The summed E-state index contributed by atoms with van der Waals surface area (Å²) in [5.74, 6) is -1.71. The van der Waals surface area contributed by atoms with Crippen molar-refractivity contribution in [1.82, 2.24) is 30.4 Å². The molecule has 1 fully saturated rings. The van der Waals surface area contributed by atoms with Gasteiger partial charge in [-0.25, -0.2) is 25.4 Å². The number of aromatic nitrogens is 4. The summed E-state index contributed by atoms with van der Waals surface area (Å²) in [5, 5.41) is 12.7. The van der Waals surface area contributed by atoms with Crippen LogP contribution < -0.4 is 20.5 Å². The highest BCUT2D eigenvalue weighted by Crippen LogP contribution is 2.36. The van der Waals surface area contributed by atoms with E-state index in [2.05, 4.69) is 30.7 Å². The number of carbonyl (C=O) groups excluding carboxylic acids is 2. The van der Waals surface area contributed by atoms with Crippen LogP contribution in [0, 0.1) is 5.92 Å². The van der Waals surface area contributed by atoms with E-state index in [0.717, 1.165) is 19.0 Å². The molecule has 0 radical (unpaired) electrons. The molecule has 2 amide bonds. The van der Waals surface area contributed by atoms with Crippen molar-refractivity contribution >= 4 is 29.9 Å². The molecule has 1 saturated heterocycles. The Morgan fingerprint density at radius 1 is 1.16 bits per heavy atom. The number of unbranched alkanes of at least 4 members (excludes halogenated alkanes) is 2. The second-order valence-corrected chi connectivity index (χ2v) is 8.43. The molecule has 0 spiro atoms. The van der Waals surface area contributed by atoms with Gasteiger partial charge < -0.3 is 15.1 Å². The average Bonchev–Trinajstić information content (AvgIpc) is 2.90. The Bertz CT molecular complexity index is 1020. The van der Waals surface area contributed by atoms with E-state index < -0.39 is 29.6 Å². The first kappa shape index (κ1) is 27.8. The third-order valence-electron chi connectivity index (χ3n) is 5.86. The van der Waals surface area contributed by atoms with Gasteiger partial charge in [-0.2, -0.15) is 13.2 Å². The summed E-state index contributed by atoms with van der Waals surface area (Å²) in [5.41, 5.74) is 0.708. The maximum absolute atomic E-state index is 13.9. The SMILES string of the molecule is CCCCC[C@H](CNC=O)C(=O)N(O)Nc1ncc(N2CCN(c3ncccn3)CC2)c(C(F)(F)F)n1. The minimum Gasteiger partial charge on any atom is -0.365 e. The minimum atomic E-state index is -4.81. The molecule has 15 heteroatoms. The molecule has 1 aliphatic heterocycles. The Labute approximate surface area is 211 Å². The van der Waals surface area contributed by atoms with E-state index in [4.69, 9.17) is 0 Å². The monoisotopic (exact) mass is 525 g/mol. The summed E-state index contributed by atoms with van der Waals surface area (Å²) in [6, 6.07) is 1.68. The summed E-state index contributed by atoms with van der Waals surface area (Å²) in [4.78, 5) is 42.5. The molecular formula is C22H30F3N9O3. The Balaban J connectivity index is 1.71. The summed E-state index contributed by atoms with van der Waals surface area (Å²) < 4.78 is 41.7. The number of alkyl halides is 3. The lowest BCUT2D eigenvalue weighted by molar-refractivity contribution is -0.164. The van der Waals surface area contributed by atoms with Crippen LogP contribution in [-0.4, -0.2) is 75.4 Å². The molecule has 0 bridgehead atoms. The van der Waals surface area contributed by atoms with Gasteiger partial charge in [-0.05, 0) is 12.5 Å². The van der Waals surface area contributed by atoms with Gasteiger partial charge in [0, 0.05) is 45.1 Å². The summed E-state index contributed by atoms with van der Waals surface area (Å²) in [6.45, 7) is 3.26. The highest BCUT2D eigenvalue weighted by molar-refractivity contribution is 5.79. The fourth-order valence-electron chi connectivity index (χ4n) is 3.94. The Hall–Kier alpha value is -3.75. The van der Waals surface area contributed by atoms with Crippen LogP contribution in [-0.2, 0) is 15.8 Å². The predicted molar refractivity (Wildman–Crippen MR) is 127 cm³/mol. The van der Waals surface area contributed by atoms with Crippen LogP contribution in [0.15, 0.2) is 24.7 Å². The van der Waals surface area contributed by atoms with E-state index in [-0.39, 0.29) is 30.5 Å². The van der Waals surface area contributed by atoms with Gasteiger partial charge in [0.15, 0.2) is 5.69 Å². The van der Waals surface area contributed by atoms with Gasteiger partial charge in [-0.1, -0.05) is 26.2 Å². The maximum Gasteiger partial charge on any atom is 0.435 e. The molecule has 202 valence electrons. The molecule has 0 aliphatic carbocycles. The number of rotatable bonds is 12. The van der Waals surface area contributed by atoms with E-state index >= 15 is 0 Å². The van der Waals surface area contributed by atoms with Gasteiger partial charge in [0.2, 0.25) is 18.3 Å². The number of hydrazine groups is 1. The highest BCUT2D eigenvalue weighted by Gasteiger charge is 2.39. The number of halogens is 3. The number of hydrogen-bond donors (Lipinski definition) is 3. The molecule has 1 atom stereocenters. The fraction of sp³-hybridized carbons (Fsp3) is 0.545. The maximum atomic E-state index is 13.9. The molecule has 3 heterocycles. The molecule has 0 saturated carbocycles. The van der Waals surface area contributed by atoms with E-state index in [1.54, 1.807) is 18.5 Å². The lowest BCUT2D eigenvalue weighted by atomic mass is 10.0. The van der Waals surface area contributed by atoms with Crippen LogP contribution in [0.2, 0.25) is 0 Å². The van der Waals surface area contributed by atoms with Gasteiger partial charge in [-0.3, -0.25) is 14.8 Å². The van der Waals surface area contributed by atoms with Crippen molar-refractivity contribution in [3.8, 4) is 0 Å². The van der Waals surface area contributed by atoms with Crippen molar-refractivity contribution in [2.45, 2.75) is 38.8 Å². The lowest BCUT2D eigenvalue weighted by Crippen LogP contribution is -2.47. The number of piperazine rings is 1. The third-order valence-corrected chi connectivity index (χ3v) is 5.86. The van der Waals surface area contributed by atoms with Crippen LogP contribution in [0.1, 0.15) is 38.3 Å². The van der Waals surface area contributed by atoms with E-state index in [9.17, 15) is 28.0 Å². The van der Waals surface area contributed by atoms with Crippen molar-refractivity contribution in [2.75, 3.05) is 47.9 Å². The number of anilines is 3. The molecule has 2 aromatic rings. The Kier molecular flexibility index (Phi) is 9.77. The second kappa shape index (κ2) is 13.0. The highest BCUT2D eigenvalue weighted by atomic mass is 19.4. The van der Waals surface area contributed by atoms with Crippen LogP contribution in [0.3, 0.4) is 0 Å². The topological polar surface area (TPSA) is 140 Å². The van der Waals surface area contributed by atoms with E-state index in [1.807, 2.05) is 11.8 Å². The zero-order valence-corrected chi connectivity index (χ0v) is 20.4. The average molecular weight is 526 g/mol. The Morgan fingerprint density at radius 2 is 1.84 bits per heavy atom. The number of amides is 2. The molecule has 12 nitrogen and oxygen atoms in total. The third kappa shape index (κ3) is 7.62. The van der Waals surface area contributed by atoms with Crippen LogP contribution >= 0.6 is 0 Å². The number of hydroxylamine groups is 1. The van der Waals surface area contributed by atoms with Crippen molar-refractivity contribution in [3.63, 3.8) is 0 Å². The van der Waals surface area contributed by atoms with Crippen LogP contribution in [0.25, 0.3) is 0 Å². The second-order valence-electron chi connectivity index (χ2n) is 8.43. The molecule has 3 N–H and O–H groups in total. The summed E-state index contributed by atoms with van der Waals surface area (Å²) >= 11 is 0. The summed E-state index contributed by atoms with van der Waals surface area (Å²) in [6.07, 6.45) is 2.62. The van der Waals surface area contributed by atoms with Gasteiger partial charge in [-0.15, -0.1) is 5.17 Å². The van der Waals surface area contributed by atoms with Crippen molar-refractivity contribution in [3.05, 3.63) is 30.4 Å². The Morgan fingerprint density at radius 3 is 2.46 bits per heavy atom. The zero-order valence-electron chi connectivity index (χ0n) is 20.4. The molecule has 0 aromatic carbocycles. The van der Waals surface area contributed by atoms with Gasteiger partial charge >= 0.3 is 6.18 Å². The number of nitrogens with zero attached hydrogens (tertiary/aromatic N) is 7. The van der Waals surface area contributed by atoms with Crippen molar-refractivity contribution in [1.29, 1.82) is 0 Å². The molecule has 2 aromatic heterocycles. The van der Waals surface area contributed by atoms with Gasteiger partial charge in [0.25, 0.3) is 5.91 Å². The van der Waals surface area contributed by atoms with Crippen LogP contribution in [0.4, 0.5) is 30.8 Å². The standard InChI is InChI=1S/C22H30F3N9O3/c1-2-3-4-6-16(13-26-15-35)19(36)34(37)31-20-29-14-17(18(30-20)22(23,24)25)32-9-11-33(12-10-32)21-27-7-5-8-28-21/h5,7-8,14-16,37H,2-4,6,9-13H2,1H3,(H,26,35)(H,29,30,31)/t16-/m1/s1. The smallest absolute Gasteiger partial charge is 0.365 e. The van der Waals surface area contributed by atoms with Crippen molar-refractivity contribution < 1.29 is 28.0 Å². The molecular weight excluding hydrogens is 495 g/mol. The molecule has 3 rings (SSSR count). The normalized spacial score (nSPS) is 14.7. The van der Waals surface area contributed by atoms with E-state index in [0.29, 0.717) is 38.3 Å². The van der Waals surface area contributed by atoms with Crippen molar-refractivity contribution in [2.24, 2.45) is 5.92 Å². The first-order valence-electron chi connectivity index (χ1n) is 11.9.